The number of rotatable bonds is 0. The summed E-state index contributed by atoms with van der Waals surface area (Å²) in [5, 5.41) is 0. The number of halogens is 3. The second-order valence-electron chi connectivity index (χ2n) is 2.17. The van der Waals surface area contributed by atoms with Crippen LogP contribution >= 0.6 is 0 Å². The Hall–Kier alpha value is 0.00688. The lowest BCUT2D eigenvalue weighted by Crippen LogP contribution is -2.08. The summed E-state index contributed by atoms with van der Waals surface area (Å²) in [5.41, 5.74) is 0. The van der Waals surface area contributed by atoms with Crippen LogP contribution in [0.2, 0.25) is 19.6 Å². The highest BCUT2D eigenvalue weighted by molar-refractivity contribution is 6.69. The Kier molecular flexibility index (Phi) is 7.01. The zero-order chi connectivity index (χ0) is 7.21. The molecule has 0 bridgehead atoms. The largest absolute Gasteiger partial charge is 0.315 e. The summed E-state index contributed by atoms with van der Waals surface area (Å²) in [7, 11) is -2.11. The Labute approximate surface area is 48.9 Å². The molecule has 0 radical (unpaired) electrons. The second kappa shape index (κ2) is 5.15. The molecule has 0 aromatic heterocycles. The first kappa shape index (κ1) is 10.9. The molecular formula is C4H11F3Si. The second-order valence-corrected chi connectivity index (χ2v) is 6.30. The van der Waals surface area contributed by atoms with Gasteiger partial charge in [-0.05, 0) is 19.6 Å². The van der Waals surface area contributed by atoms with Crippen LogP contribution in [0.15, 0.2) is 0 Å². The fraction of sp³-hybridized carbons (Fsp3) is 1.00. The molecule has 0 N–H and O–H groups in total. The van der Waals surface area contributed by atoms with Gasteiger partial charge in [0, 0.05) is 0 Å². The van der Waals surface area contributed by atoms with Gasteiger partial charge < -0.3 is 4.11 Å². The molecule has 0 fully saturated rings. The first-order valence-electron chi connectivity index (χ1n) is 2.22. The minimum atomic E-state index is -2.11. The van der Waals surface area contributed by atoms with Gasteiger partial charge >= 0.3 is 0 Å². The van der Waals surface area contributed by atoms with Crippen LogP contribution in [0.25, 0.3) is 0 Å². The fourth-order valence-corrected chi connectivity index (χ4v) is 0. The quantitative estimate of drug-likeness (QED) is 0.362. The molecule has 0 atom stereocenters. The summed E-state index contributed by atoms with van der Waals surface area (Å²) < 4.78 is 31.1. The molecule has 0 aliphatic carbocycles. The van der Waals surface area contributed by atoms with Gasteiger partial charge in [0.25, 0.3) is 0 Å². The molecule has 0 rings (SSSR count). The van der Waals surface area contributed by atoms with E-state index in [9.17, 15) is 12.9 Å². The molecule has 0 aliphatic heterocycles. The van der Waals surface area contributed by atoms with E-state index >= 15 is 0 Å². The molecule has 0 aliphatic rings. The van der Waals surface area contributed by atoms with Gasteiger partial charge in [-0.2, -0.15) is 0 Å². The predicted molar refractivity (Wildman–Crippen MR) is 31.5 cm³/mol. The van der Waals surface area contributed by atoms with Gasteiger partial charge in [0.1, 0.15) is 0 Å². The summed E-state index contributed by atoms with van der Waals surface area (Å²) in [6.45, 7) is 3.23. The van der Waals surface area contributed by atoms with Gasteiger partial charge in [0.2, 0.25) is 15.3 Å². The SMILES string of the molecule is C[Si](C)(C)F.FCF. The van der Waals surface area contributed by atoms with E-state index in [4.69, 9.17) is 0 Å². The molecule has 8 heavy (non-hydrogen) atoms. The van der Waals surface area contributed by atoms with E-state index in [1.54, 1.807) is 19.6 Å². The van der Waals surface area contributed by atoms with Crippen LogP contribution in [0.5, 0.6) is 0 Å². The Morgan fingerprint density at radius 1 is 1.12 bits per heavy atom. The summed E-state index contributed by atoms with van der Waals surface area (Å²) in [5.74, 6) is 0. The van der Waals surface area contributed by atoms with E-state index in [1.165, 1.54) is 0 Å². The molecule has 0 saturated carbocycles. The van der Waals surface area contributed by atoms with Crippen LogP contribution < -0.4 is 0 Å². The molecule has 0 aromatic rings. The molecule has 0 saturated heterocycles. The van der Waals surface area contributed by atoms with Crippen LogP contribution in [-0.2, 0) is 0 Å². The van der Waals surface area contributed by atoms with E-state index in [2.05, 4.69) is 0 Å². The van der Waals surface area contributed by atoms with Gasteiger partial charge in [-0.1, -0.05) is 0 Å². The normalized spacial score (nSPS) is 9.75. The number of hydrogen-bond donors (Lipinski definition) is 0. The molecule has 0 amide bonds. The van der Waals surface area contributed by atoms with E-state index in [0.29, 0.717) is 0 Å². The third-order valence-electron chi connectivity index (χ3n) is 0. The number of alkyl halides is 2. The minimum Gasteiger partial charge on any atom is -0.315 e. The van der Waals surface area contributed by atoms with Crippen molar-refractivity contribution in [3.05, 3.63) is 0 Å². The van der Waals surface area contributed by atoms with E-state index in [1.807, 2.05) is 0 Å². The summed E-state index contributed by atoms with van der Waals surface area (Å²) in [6.07, 6.45) is 0. The molecule has 52 valence electrons. The van der Waals surface area contributed by atoms with Crippen molar-refractivity contribution >= 4 is 8.41 Å². The Morgan fingerprint density at radius 3 is 1.12 bits per heavy atom. The molecule has 0 heterocycles. The van der Waals surface area contributed by atoms with Crippen LogP contribution in [-0.4, -0.2) is 15.3 Å². The molecular weight excluding hydrogens is 133 g/mol. The third kappa shape index (κ3) is 3180000. The molecule has 0 spiro atoms. The van der Waals surface area contributed by atoms with Gasteiger partial charge in [0.15, 0.2) is 0 Å². The Balaban J connectivity index is 0. The monoisotopic (exact) mass is 144 g/mol. The van der Waals surface area contributed by atoms with Crippen molar-refractivity contribution < 1.29 is 12.9 Å². The molecule has 0 unspecified atom stereocenters. The maximum atomic E-state index is 11.8. The van der Waals surface area contributed by atoms with Crippen molar-refractivity contribution in [2.45, 2.75) is 19.6 Å². The lowest BCUT2D eigenvalue weighted by atomic mass is 11.7. The zero-order valence-corrected chi connectivity index (χ0v) is 6.34. The molecule has 0 aromatic carbocycles. The van der Waals surface area contributed by atoms with Crippen LogP contribution in [0.1, 0.15) is 0 Å². The third-order valence-corrected chi connectivity index (χ3v) is 0. The lowest BCUT2D eigenvalue weighted by Gasteiger charge is -1.95. The average Bonchev–Trinajstić information content (AvgIpc) is 1.27. The Morgan fingerprint density at radius 2 is 1.12 bits per heavy atom. The van der Waals surface area contributed by atoms with Crippen molar-refractivity contribution in [1.82, 2.24) is 0 Å². The topological polar surface area (TPSA) is 0 Å². The van der Waals surface area contributed by atoms with E-state index in [-0.39, 0.29) is 0 Å². The summed E-state index contributed by atoms with van der Waals surface area (Å²) in [6, 6.07) is 0. The first-order chi connectivity index (χ1) is 3.41. The highest BCUT2D eigenvalue weighted by Crippen LogP contribution is 1.97. The van der Waals surface area contributed by atoms with Gasteiger partial charge in [-0.15, -0.1) is 0 Å². The average molecular weight is 144 g/mol. The smallest absolute Gasteiger partial charge is 0.237 e. The summed E-state index contributed by atoms with van der Waals surface area (Å²) in [4.78, 5) is 0. The summed E-state index contributed by atoms with van der Waals surface area (Å²) >= 11 is 0. The van der Waals surface area contributed by atoms with Crippen LogP contribution in [0.4, 0.5) is 12.9 Å². The minimum absolute atomic E-state index is 1.66. The van der Waals surface area contributed by atoms with Gasteiger partial charge in [0.05, 0.1) is 0 Å². The Bertz CT molecular complexity index is 35.0. The van der Waals surface area contributed by atoms with Crippen molar-refractivity contribution in [2.75, 3.05) is 6.93 Å². The van der Waals surface area contributed by atoms with Crippen molar-refractivity contribution in [2.24, 2.45) is 0 Å². The van der Waals surface area contributed by atoms with E-state index < -0.39 is 15.3 Å². The predicted octanol–water partition coefficient (Wildman–Crippen LogP) is 2.67. The van der Waals surface area contributed by atoms with E-state index in [0.717, 1.165) is 0 Å². The van der Waals surface area contributed by atoms with Crippen molar-refractivity contribution in [3.8, 4) is 0 Å². The zero-order valence-electron chi connectivity index (χ0n) is 5.34. The lowest BCUT2D eigenvalue weighted by molar-refractivity contribution is 0.295. The number of hydrogen-bond acceptors (Lipinski definition) is 0. The van der Waals surface area contributed by atoms with Crippen LogP contribution in [0, 0.1) is 0 Å². The van der Waals surface area contributed by atoms with Gasteiger partial charge in [-0.25, -0.2) is 8.78 Å². The first-order valence-corrected chi connectivity index (χ1v) is 5.60. The molecule has 0 nitrogen and oxygen atoms in total. The highest BCUT2D eigenvalue weighted by Gasteiger charge is 2.08. The highest BCUT2D eigenvalue weighted by atomic mass is 28.4. The standard InChI is InChI=1S/C3H9FSi.CH2F2/c1-5(2,3)4;2-1-3/h1-3H3;1H2. The van der Waals surface area contributed by atoms with Crippen molar-refractivity contribution in [1.29, 1.82) is 0 Å². The van der Waals surface area contributed by atoms with Gasteiger partial charge in [-0.3, -0.25) is 0 Å². The maximum absolute atomic E-state index is 11.8. The van der Waals surface area contributed by atoms with Crippen LogP contribution in [0.3, 0.4) is 0 Å². The maximum Gasteiger partial charge on any atom is 0.237 e. The van der Waals surface area contributed by atoms with Crippen molar-refractivity contribution in [3.63, 3.8) is 0 Å². The molecule has 4 heteroatoms. The fourth-order valence-electron chi connectivity index (χ4n) is 0.